The molecule has 1 amide bonds. The number of aryl methyl sites for hydroxylation is 1. The summed E-state index contributed by atoms with van der Waals surface area (Å²) in [6, 6.07) is 5.20. The van der Waals surface area contributed by atoms with E-state index in [1.807, 2.05) is 0 Å². The van der Waals surface area contributed by atoms with E-state index in [2.05, 4.69) is 5.32 Å². The Bertz CT molecular complexity index is 292. The molecule has 0 saturated heterocycles. The highest BCUT2D eigenvalue weighted by molar-refractivity contribution is 6.33. The lowest BCUT2D eigenvalue weighted by Gasteiger charge is -2.06. The molecule has 1 rings (SSSR count). The summed E-state index contributed by atoms with van der Waals surface area (Å²) in [7, 11) is 0. The van der Waals surface area contributed by atoms with E-state index in [-0.39, 0.29) is 0 Å². The van der Waals surface area contributed by atoms with Crippen LogP contribution in [0.25, 0.3) is 0 Å². The zero-order chi connectivity index (χ0) is 9.14. The molecule has 0 bridgehead atoms. The van der Waals surface area contributed by atoms with Gasteiger partial charge in [0.1, 0.15) is 0 Å². The number of nitrogens with one attached hydrogen (secondary N) is 1. The Morgan fingerprint density at radius 3 is 2.75 bits per heavy atom. The number of hydrogen-bond acceptors (Lipinski definition) is 1. The summed E-state index contributed by atoms with van der Waals surface area (Å²) in [6.07, 6.45) is -1.11. The van der Waals surface area contributed by atoms with Crippen molar-refractivity contribution in [1.29, 1.82) is 0 Å². The third kappa shape index (κ3) is 1.89. The Kier molecular flexibility index (Phi) is 2.55. The number of carboxylic acid groups (broad SMARTS) is 1. The monoisotopic (exact) mass is 185 g/mol. The van der Waals surface area contributed by atoms with Gasteiger partial charge in [0.15, 0.2) is 0 Å². The van der Waals surface area contributed by atoms with Gasteiger partial charge in [0.2, 0.25) is 0 Å². The van der Waals surface area contributed by atoms with Gasteiger partial charge in [0.25, 0.3) is 0 Å². The van der Waals surface area contributed by atoms with Crippen molar-refractivity contribution >= 4 is 23.4 Å². The van der Waals surface area contributed by atoms with Crippen LogP contribution in [0.1, 0.15) is 5.56 Å². The minimum absolute atomic E-state index is 0.414. The number of anilines is 1. The van der Waals surface area contributed by atoms with E-state index in [0.29, 0.717) is 10.7 Å². The normalized spacial score (nSPS) is 9.50. The van der Waals surface area contributed by atoms with Gasteiger partial charge in [-0.05, 0) is 18.6 Å². The zero-order valence-electron chi connectivity index (χ0n) is 6.47. The van der Waals surface area contributed by atoms with Gasteiger partial charge < -0.3 is 5.11 Å². The summed E-state index contributed by atoms with van der Waals surface area (Å²) in [6.45, 7) is 1.79. The summed E-state index contributed by atoms with van der Waals surface area (Å²) >= 11 is 5.75. The Labute approximate surface area is 75.0 Å². The maximum atomic E-state index is 10.3. The fourth-order valence-corrected chi connectivity index (χ4v) is 1.17. The predicted octanol–water partition coefficient (Wildman–Crippen LogP) is 2.74. The van der Waals surface area contributed by atoms with Gasteiger partial charge in [-0.15, -0.1) is 0 Å². The smallest absolute Gasteiger partial charge is 0.409 e. The first-order valence-electron chi connectivity index (χ1n) is 3.36. The van der Waals surface area contributed by atoms with Crippen LogP contribution in [0.5, 0.6) is 0 Å². The molecule has 12 heavy (non-hydrogen) atoms. The Balaban J connectivity index is 3.04. The fraction of sp³-hybridized carbons (Fsp3) is 0.125. The van der Waals surface area contributed by atoms with Crippen LogP contribution in [0.15, 0.2) is 18.2 Å². The highest BCUT2D eigenvalue weighted by Crippen LogP contribution is 2.24. The van der Waals surface area contributed by atoms with Crippen LogP contribution in [-0.2, 0) is 0 Å². The van der Waals surface area contributed by atoms with E-state index in [0.717, 1.165) is 5.56 Å². The second-order valence-corrected chi connectivity index (χ2v) is 2.77. The quantitative estimate of drug-likeness (QED) is 0.707. The molecule has 0 aliphatic carbocycles. The van der Waals surface area contributed by atoms with Gasteiger partial charge in [-0.1, -0.05) is 23.7 Å². The maximum Gasteiger partial charge on any atom is 0.409 e. The van der Waals surface area contributed by atoms with E-state index < -0.39 is 6.09 Å². The maximum absolute atomic E-state index is 10.3. The fourth-order valence-electron chi connectivity index (χ4n) is 0.897. The molecule has 0 aromatic heterocycles. The molecule has 2 N–H and O–H groups in total. The van der Waals surface area contributed by atoms with Crippen molar-refractivity contribution in [2.24, 2.45) is 0 Å². The number of benzene rings is 1. The largest absolute Gasteiger partial charge is 0.465 e. The van der Waals surface area contributed by atoms with E-state index in [1.165, 1.54) is 0 Å². The van der Waals surface area contributed by atoms with Gasteiger partial charge in [0.05, 0.1) is 10.7 Å². The van der Waals surface area contributed by atoms with Crippen LogP contribution in [0.2, 0.25) is 5.02 Å². The molecule has 1 aromatic carbocycles. The molecule has 0 saturated carbocycles. The molecule has 3 nitrogen and oxygen atoms in total. The molecule has 4 heteroatoms. The molecule has 0 heterocycles. The molecule has 0 radical (unpaired) electrons. The first-order valence-corrected chi connectivity index (χ1v) is 3.74. The molecule has 0 spiro atoms. The molecular formula is C8H8ClNO2. The number of carbonyl (C=O) groups is 1. The first-order chi connectivity index (χ1) is 5.61. The Morgan fingerprint density at radius 1 is 1.58 bits per heavy atom. The summed E-state index contributed by atoms with van der Waals surface area (Å²) in [5, 5.41) is 11.1. The van der Waals surface area contributed by atoms with Crippen LogP contribution in [0, 0.1) is 6.92 Å². The van der Waals surface area contributed by atoms with Crippen molar-refractivity contribution in [3.63, 3.8) is 0 Å². The topological polar surface area (TPSA) is 49.3 Å². The van der Waals surface area contributed by atoms with Crippen LogP contribution in [-0.4, -0.2) is 11.2 Å². The van der Waals surface area contributed by atoms with Crippen molar-refractivity contribution < 1.29 is 9.90 Å². The summed E-state index contributed by atoms with van der Waals surface area (Å²) < 4.78 is 0. The van der Waals surface area contributed by atoms with E-state index in [4.69, 9.17) is 16.7 Å². The van der Waals surface area contributed by atoms with E-state index in [9.17, 15) is 4.79 Å². The van der Waals surface area contributed by atoms with Crippen LogP contribution in [0.4, 0.5) is 10.5 Å². The molecule has 1 aromatic rings. The highest BCUT2D eigenvalue weighted by atomic mass is 35.5. The lowest BCUT2D eigenvalue weighted by Crippen LogP contribution is -2.08. The molecular weight excluding hydrogens is 178 g/mol. The van der Waals surface area contributed by atoms with Crippen LogP contribution >= 0.6 is 11.6 Å². The second kappa shape index (κ2) is 3.45. The minimum Gasteiger partial charge on any atom is -0.465 e. The van der Waals surface area contributed by atoms with Crippen molar-refractivity contribution in [3.8, 4) is 0 Å². The molecule has 0 fully saturated rings. The van der Waals surface area contributed by atoms with Gasteiger partial charge in [-0.2, -0.15) is 0 Å². The Hall–Kier alpha value is -1.22. The average Bonchev–Trinajstić information content (AvgIpc) is 1.97. The van der Waals surface area contributed by atoms with Crippen molar-refractivity contribution in [2.75, 3.05) is 5.32 Å². The number of rotatable bonds is 1. The lowest BCUT2D eigenvalue weighted by molar-refractivity contribution is 0.209. The van der Waals surface area contributed by atoms with Crippen LogP contribution in [0.3, 0.4) is 0 Å². The third-order valence-corrected chi connectivity index (χ3v) is 1.77. The van der Waals surface area contributed by atoms with Gasteiger partial charge in [-0.25, -0.2) is 4.79 Å². The second-order valence-electron chi connectivity index (χ2n) is 2.36. The molecule has 0 aliphatic rings. The SMILES string of the molecule is Cc1cccc(Cl)c1NC(=O)O. The minimum atomic E-state index is -1.11. The standard InChI is InChI=1S/C8H8ClNO2/c1-5-3-2-4-6(9)7(5)10-8(11)12/h2-4,10H,1H3,(H,11,12). The lowest BCUT2D eigenvalue weighted by atomic mass is 10.2. The highest BCUT2D eigenvalue weighted by Gasteiger charge is 2.05. The number of halogens is 1. The zero-order valence-corrected chi connectivity index (χ0v) is 7.22. The summed E-state index contributed by atoms with van der Waals surface area (Å²) in [4.78, 5) is 10.3. The van der Waals surface area contributed by atoms with Crippen LogP contribution < -0.4 is 5.32 Å². The predicted molar refractivity (Wildman–Crippen MR) is 47.8 cm³/mol. The molecule has 0 unspecified atom stereocenters. The van der Waals surface area contributed by atoms with Gasteiger partial charge in [0, 0.05) is 0 Å². The third-order valence-electron chi connectivity index (χ3n) is 1.45. The molecule has 64 valence electrons. The van der Waals surface area contributed by atoms with Gasteiger partial charge >= 0.3 is 6.09 Å². The Morgan fingerprint density at radius 2 is 2.25 bits per heavy atom. The summed E-state index contributed by atoms with van der Waals surface area (Å²) in [5.41, 5.74) is 1.26. The summed E-state index contributed by atoms with van der Waals surface area (Å²) in [5.74, 6) is 0. The molecule has 0 aliphatic heterocycles. The van der Waals surface area contributed by atoms with E-state index >= 15 is 0 Å². The van der Waals surface area contributed by atoms with Gasteiger partial charge in [-0.3, -0.25) is 5.32 Å². The number of para-hydroxylation sites is 1. The van der Waals surface area contributed by atoms with Crippen molar-refractivity contribution in [1.82, 2.24) is 0 Å². The average molecular weight is 186 g/mol. The first kappa shape index (κ1) is 8.87. The number of amides is 1. The number of hydrogen-bond donors (Lipinski definition) is 2. The van der Waals surface area contributed by atoms with Crippen molar-refractivity contribution in [2.45, 2.75) is 6.92 Å². The molecule has 0 atom stereocenters. The van der Waals surface area contributed by atoms with Crippen molar-refractivity contribution in [3.05, 3.63) is 28.8 Å². The van der Waals surface area contributed by atoms with E-state index in [1.54, 1.807) is 25.1 Å².